The summed E-state index contributed by atoms with van der Waals surface area (Å²) in [6, 6.07) is 9.82. The molecule has 3 N–H and O–H groups in total. The number of rotatable bonds is 5. The standard InChI is InChI=1S/C21H17BrF3IN2O2/c1-11-9-13(22)3-6-16(11)27-21(28-17-7-4-14(26)10-12(17)2)15(19(29)30)5-8-18(23)20(21,24)25/h3-10,27-28H,1-2H3,(H,29,30). The molecule has 0 heterocycles. The molecule has 0 fully saturated rings. The van der Waals surface area contributed by atoms with E-state index in [0.717, 1.165) is 14.1 Å². The van der Waals surface area contributed by atoms with Crippen molar-refractivity contribution in [1.82, 2.24) is 0 Å². The third-order valence-electron chi connectivity index (χ3n) is 4.82. The monoisotopic (exact) mass is 592 g/mol. The van der Waals surface area contributed by atoms with Crippen molar-refractivity contribution in [2.75, 3.05) is 10.6 Å². The van der Waals surface area contributed by atoms with Gasteiger partial charge in [-0.2, -0.15) is 8.78 Å². The number of hydrogen-bond acceptors (Lipinski definition) is 3. The normalized spacial score (nSPS) is 20.2. The Balaban J connectivity index is 2.25. The van der Waals surface area contributed by atoms with E-state index in [0.29, 0.717) is 17.2 Å². The summed E-state index contributed by atoms with van der Waals surface area (Å²) in [4.78, 5) is 12.0. The fourth-order valence-electron chi connectivity index (χ4n) is 3.23. The van der Waals surface area contributed by atoms with Crippen LogP contribution in [0, 0.1) is 17.4 Å². The van der Waals surface area contributed by atoms with E-state index in [4.69, 9.17) is 0 Å². The second kappa shape index (κ2) is 8.26. The minimum Gasteiger partial charge on any atom is -0.478 e. The molecule has 158 valence electrons. The number of hydrogen-bond donors (Lipinski definition) is 3. The molecule has 2 aromatic rings. The number of halogens is 5. The molecule has 9 heteroatoms. The molecule has 1 aliphatic rings. The first kappa shape index (κ1) is 22.7. The molecule has 0 aliphatic heterocycles. The number of alkyl halides is 2. The molecular formula is C21H17BrF3IN2O2. The summed E-state index contributed by atoms with van der Waals surface area (Å²) in [5.74, 6) is -7.55. The number of aryl methyl sites for hydroxylation is 2. The van der Waals surface area contributed by atoms with Crippen molar-refractivity contribution in [1.29, 1.82) is 0 Å². The zero-order valence-corrected chi connectivity index (χ0v) is 19.6. The lowest BCUT2D eigenvalue weighted by atomic mass is 9.85. The van der Waals surface area contributed by atoms with Gasteiger partial charge in [-0.1, -0.05) is 15.9 Å². The lowest BCUT2D eigenvalue weighted by molar-refractivity contribution is -0.135. The highest BCUT2D eigenvalue weighted by Crippen LogP contribution is 2.47. The van der Waals surface area contributed by atoms with Crippen molar-refractivity contribution >= 4 is 55.9 Å². The second-order valence-electron chi connectivity index (χ2n) is 6.89. The van der Waals surface area contributed by atoms with E-state index in [-0.39, 0.29) is 11.4 Å². The van der Waals surface area contributed by atoms with Crippen LogP contribution in [0.1, 0.15) is 11.1 Å². The third kappa shape index (κ3) is 3.96. The topological polar surface area (TPSA) is 61.4 Å². The van der Waals surface area contributed by atoms with Gasteiger partial charge in [0.1, 0.15) is 0 Å². The van der Waals surface area contributed by atoms with E-state index < -0.39 is 29.0 Å². The molecule has 1 unspecified atom stereocenters. The average molecular weight is 593 g/mol. The Bertz CT molecular complexity index is 1030. The Kier molecular flexibility index (Phi) is 6.24. The summed E-state index contributed by atoms with van der Waals surface area (Å²) < 4.78 is 46.9. The van der Waals surface area contributed by atoms with E-state index in [1.165, 1.54) is 6.07 Å². The molecule has 0 amide bonds. The Morgan fingerprint density at radius 2 is 1.60 bits per heavy atom. The minimum absolute atomic E-state index is 0.232. The van der Waals surface area contributed by atoms with E-state index in [9.17, 15) is 14.3 Å². The summed E-state index contributed by atoms with van der Waals surface area (Å²) in [7, 11) is 0. The van der Waals surface area contributed by atoms with Gasteiger partial charge in [0.2, 0.25) is 5.66 Å². The molecular weight excluding hydrogens is 576 g/mol. The van der Waals surface area contributed by atoms with E-state index in [2.05, 4.69) is 49.2 Å². The molecule has 3 rings (SSSR count). The fraction of sp³-hybridized carbons (Fsp3) is 0.190. The van der Waals surface area contributed by atoms with E-state index in [1.807, 2.05) is 0 Å². The zero-order chi connectivity index (χ0) is 22.3. The van der Waals surface area contributed by atoms with Crippen LogP contribution in [0.3, 0.4) is 0 Å². The van der Waals surface area contributed by atoms with Crippen molar-refractivity contribution in [2.45, 2.75) is 25.4 Å². The van der Waals surface area contributed by atoms with Crippen LogP contribution in [0.25, 0.3) is 0 Å². The van der Waals surface area contributed by atoms with Crippen LogP contribution in [0.2, 0.25) is 0 Å². The summed E-state index contributed by atoms with van der Waals surface area (Å²) in [6.07, 6.45) is 1.34. The molecule has 0 saturated heterocycles. The summed E-state index contributed by atoms with van der Waals surface area (Å²) >= 11 is 5.38. The average Bonchev–Trinajstić information content (AvgIpc) is 2.64. The molecule has 0 aromatic heterocycles. The third-order valence-corrected chi connectivity index (χ3v) is 5.99. The van der Waals surface area contributed by atoms with Gasteiger partial charge in [0.15, 0.2) is 5.83 Å². The molecule has 30 heavy (non-hydrogen) atoms. The van der Waals surface area contributed by atoms with Crippen LogP contribution in [-0.2, 0) is 4.79 Å². The number of anilines is 2. The van der Waals surface area contributed by atoms with Crippen LogP contribution in [0.15, 0.2) is 64.4 Å². The smallest absolute Gasteiger partial charge is 0.343 e. The number of benzene rings is 2. The number of carboxylic acids is 1. The maximum atomic E-state index is 15.4. The first-order valence-electron chi connectivity index (χ1n) is 8.76. The second-order valence-corrected chi connectivity index (χ2v) is 9.05. The number of carbonyl (C=O) groups is 1. The lowest BCUT2D eigenvalue weighted by Gasteiger charge is -2.44. The van der Waals surface area contributed by atoms with E-state index >= 15 is 8.78 Å². The van der Waals surface area contributed by atoms with Crippen molar-refractivity contribution in [3.05, 3.63) is 79.1 Å². The quantitative estimate of drug-likeness (QED) is 0.278. The number of carboxylic acid groups (broad SMARTS) is 1. The van der Waals surface area contributed by atoms with Gasteiger partial charge in [-0.25, -0.2) is 9.18 Å². The van der Waals surface area contributed by atoms with Gasteiger partial charge in [0, 0.05) is 19.4 Å². The van der Waals surface area contributed by atoms with Gasteiger partial charge in [-0.3, -0.25) is 0 Å². The minimum atomic E-state index is -4.20. The summed E-state index contributed by atoms with van der Waals surface area (Å²) in [5, 5.41) is 15.0. The molecule has 0 saturated carbocycles. The predicted octanol–water partition coefficient (Wildman–Crippen LogP) is 6.40. The molecule has 2 aromatic carbocycles. The highest BCUT2D eigenvalue weighted by Gasteiger charge is 2.63. The van der Waals surface area contributed by atoms with Crippen LogP contribution < -0.4 is 10.6 Å². The van der Waals surface area contributed by atoms with E-state index in [1.54, 1.807) is 44.2 Å². The van der Waals surface area contributed by atoms with Crippen LogP contribution in [-0.4, -0.2) is 22.7 Å². The SMILES string of the molecule is Cc1cc(Br)ccc1NC1(Nc2ccc(I)cc2C)C(C(=O)O)=CC=C(F)C1(F)F. The highest BCUT2D eigenvalue weighted by atomic mass is 127. The Morgan fingerprint density at radius 1 is 1.03 bits per heavy atom. The maximum absolute atomic E-state index is 15.4. The van der Waals surface area contributed by atoms with Gasteiger partial charge < -0.3 is 15.7 Å². The molecule has 0 spiro atoms. The Hall–Kier alpha value is -2.01. The Labute approximate surface area is 193 Å². The van der Waals surface area contributed by atoms with Crippen LogP contribution >= 0.6 is 38.5 Å². The van der Waals surface area contributed by atoms with Crippen molar-refractivity contribution < 1.29 is 23.1 Å². The van der Waals surface area contributed by atoms with Crippen molar-refractivity contribution in [3.63, 3.8) is 0 Å². The first-order chi connectivity index (χ1) is 14.0. The molecule has 0 bridgehead atoms. The molecule has 1 atom stereocenters. The molecule has 4 nitrogen and oxygen atoms in total. The first-order valence-corrected chi connectivity index (χ1v) is 10.6. The lowest BCUT2D eigenvalue weighted by Crippen LogP contribution is -2.64. The number of aliphatic carboxylic acids is 1. The summed E-state index contributed by atoms with van der Waals surface area (Å²) in [5.41, 5.74) is -1.83. The highest BCUT2D eigenvalue weighted by molar-refractivity contribution is 14.1. The molecule has 1 aliphatic carbocycles. The maximum Gasteiger partial charge on any atom is 0.343 e. The van der Waals surface area contributed by atoms with Gasteiger partial charge in [-0.15, -0.1) is 0 Å². The van der Waals surface area contributed by atoms with Crippen LogP contribution in [0.4, 0.5) is 24.5 Å². The zero-order valence-electron chi connectivity index (χ0n) is 15.9. The van der Waals surface area contributed by atoms with Gasteiger partial charge in [-0.05, 0) is 96.1 Å². The van der Waals surface area contributed by atoms with Gasteiger partial charge in [0.05, 0.1) is 5.57 Å². The predicted molar refractivity (Wildman–Crippen MR) is 123 cm³/mol. The van der Waals surface area contributed by atoms with Gasteiger partial charge in [0.25, 0.3) is 0 Å². The number of allylic oxidation sites excluding steroid dienone is 2. The van der Waals surface area contributed by atoms with Crippen LogP contribution in [0.5, 0.6) is 0 Å². The molecule has 0 radical (unpaired) electrons. The van der Waals surface area contributed by atoms with Crippen molar-refractivity contribution in [2.24, 2.45) is 0 Å². The number of nitrogens with one attached hydrogen (secondary N) is 2. The fourth-order valence-corrected chi connectivity index (χ4v) is 4.35. The Morgan fingerprint density at radius 3 is 2.13 bits per heavy atom. The largest absolute Gasteiger partial charge is 0.478 e. The summed E-state index contributed by atoms with van der Waals surface area (Å²) in [6.45, 7) is 3.37. The van der Waals surface area contributed by atoms with Gasteiger partial charge >= 0.3 is 11.9 Å². The van der Waals surface area contributed by atoms with Crippen molar-refractivity contribution in [3.8, 4) is 0 Å².